The lowest BCUT2D eigenvalue weighted by atomic mass is 10.2. The summed E-state index contributed by atoms with van der Waals surface area (Å²) in [6.45, 7) is 1.88. The predicted octanol–water partition coefficient (Wildman–Crippen LogP) is 3.48. The Bertz CT molecular complexity index is 1050. The average molecular weight is 390 g/mol. The Morgan fingerprint density at radius 3 is 2.73 bits per heavy atom. The van der Waals surface area contributed by atoms with Crippen LogP contribution in [0.3, 0.4) is 0 Å². The second-order valence-electron chi connectivity index (χ2n) is 5.75. The van der Waals surface area contributed by atoms with Crippen LogP contribution in [0.5, 0.6) is 0 Å². The normalized spacial score (nSPS) is 11.3. The van der Waals surface area contributed by atoms with E-state index in [4.69, 9.17) is 11.6 Å². The van der Waals surface area contributed by atoms with Gasteiger partial charge in [0, 0.05) is 23.6 Å². The molecular formula is C18H16ClN3O3S. The number of aromatic nitrogens is 2. The van der Waals surface area contributed by atoms with Gasteiger partial charge in [0.15, 0.2) is 0 Å². The quantitative estimate of drug-likeness (QED) is 0.724. The van der Waals surface area contributed by atoms with Crippen LogP contribution in [0.1, 0.15) is 21.6 Å². The first-order chi connectivity index (χ1) is 12.3. The van der Waals surface area contributed by atoms with Gasteiger partial charge < -0.3 is 5.32 Å². The SMILES string of the molecule is Cc1ccc(CS(=O)(=O)n2ccc(NC(=O)c3ccccn3)c2)c(Cl)c1. The lowest BCUT2D eigenvalue weighted by molar-refractivity contribution is 0.102. The molecule has 0 bridgehead atoms. The summed E-state index contributed by atoms with van der Waals surface area (Å²) in [4.78, 5) is 16.0. The van der Waals surface area contributed by atoms with Gasteiger partial charge >= 0.3 is 0 Å². The molecule has 134 valence electrons. The summed E-state index contributed by atoms with van der Waals surface area (Å²) >= 11 is 6.13. The van der Waals surface area contributed by atoms with Crippen molar-refractivity contribution in [3.8, 4) is 0 Å². The van der Waals surface area contributed by atoms with E-state index in [1.807, 2.05) is 13.0 Å². The van der Waals surface area contributed by atoms with E-state index >= 15 is 0 Å². The minimum atomic E-state index is -3.66. The van der Waals surface area contributed by atoms with Crippen molar-refractivity contribution in [2.45, 2.75) is 12.7 Å². The predicted molar refractivity (Wildman–Crippen MR) is 101 cm³/mol. The highest BCUT2D eigenvalue weighted by Crippen LogP contribution is 2.22. The van der Waals surface area contributed by atoms with Crippen LogP contribution in [0.15, 0.2) is 61.1 Å². The van der Waals surface area contributed by atoms with E-state index in [-0.39, 0.29) is 11.4 Å². The lowest BCUT2D eigenvalue weighted by Gasteiger charge is -2.08. The van der Waals surface area contributed by atoms with Gasteiger partial charge in [-0.2, -0.15) is 0 Å². The van der Waals surface area contributed by atoms with E-state index in [1.165, 1.54) is 24.7 Å². The van der Waals surface area contributed by atoms with Crippen molar-refractivity contribution >= 4 is 33.2 Å². The molecule has 0 aliphatic heterocycles. The number of nitrogens with one attached hydrogen (secondary N) is 1. The highest BCUT2D eigenvalue weighted by Gasteiger charge is 2.17. The second kappa shape index (κ2) is 7.31. The van der Waals surface area contributed by atoms with Crippen LogP contribution in [-0.2, 0) is 15.8 Å². The van der Waals surface area contributed by atoms with Crippen LogP contribution < -0.4 is 5.32 Å². The van der Waals surface area contributed by atoms with Crippen molar-refractivity contribution in [2.24, 2.45) is 0 Å². The summed E-state index contributed by atoms with van der Waals surface area (Å²) in [5.74, 6) is -0.656. The molecule has 8 heteroatoms. The highest BCUT2D eigenvalue weighted by atomic mass is 35.5. The van der Waals surface area contributed by atoms with Crippen molar-refractivity contribution in [3.63, 3.8) is 0 Å². The maximum Gasteiger partial charge on any atom is 0.274 e. The smallest absolute Gasteiger partial charge is 0.274 e. The third-order valence-electron chi connectivity index (χ3n) is 3.69. The fourth-order valence-corrected chi connectivity index (χ4v) is 4.05. The molecule has 0 saturated heterocycles. The number of nitrogens with zero attached hydrogens (tertiary/aromatic N) is 2. The third-order valence-corrected chi connectivity index (χ3v) is 5.59. The van der Waals surface area contributed by atoms with Gasteiger partial charge in [0.2, 0.25) is 10.0 Å². The Kier molecular flexibility index (Phi) is 5.11. The van der Waals surface area contributed by atoms with Crippen LogP contribution in [0.4, 0.5) is 5.69 Å². The number of rotatable bonds is 5. The first kappa shape index (κ1) is 18.2. The summed E-state index contributed by atoms with van der Waals surface area (Å²) in [7, 11) is -3.66. The number of carbonyl (C=O) groups is 1. The molecule has 0 aliphatic rings. The molecule has 0 aliphatic carbocycles. The average Bonchev–Trinajstić information content (AvgIpc) is 3.08. The molecule has 0 unspecified atom stereocenters. The number of halogens is 1. The molecule has 1 amide bonds. The molecule has 26 heavy (non-hydrogen) atoms. The molecule has 3 rings (SSSR count). The molecule has 0 fully saturated rings. The monoisotopic (exact) mass is 389 g/mol. The number of benzene rings is 1. The fraction of sp³-hybridized carbons (Fsp3) is 0.111. The highest BCUT2D eigenvalue weighted by molar-refractivity contribution is 7.89. The van der Waals surface area contributed by atoms with Crippen LogP contribution >= 0.6 is 11.6 Å². The van der Waals surface area contributed by atoms with Crippen LogP contribution in [0, 0.1) is 6.92 Å². The van der Waals surface area contributed by atoms with E-state index in [0.717, 1.165) is 9.54 Å². The maximum absolute atomic E-state index is 12.6. The number of aryl methyl sites for hydroxylation is 1. The van der Waals surface area contributed by atoms with E-state index < -0.39 is 15.9 Å². The third kappa shape index (κ3) is 4.12. The van der Waals surface area contributed by atoms with Crippen molar-refractivity contribution in [1.29, 1.82) is 0 Å². The van der Waals surface area contributed by atoms with Gasteiger partial charge in [0.25, 0.3) is 5.91 Å². The first-order valence-electron chi connectivity index (χ1n) is 7.74. The second-order valence-corrected chi connectivity index (χ2v) is 8.03. The zero-order valence-corrected chi connectivity index (χ0v) is 15.5. The largest absolute Gasteiger partial charge is 0.319 e. The van der Waals surface area contributed by atoms with E-state index in [2.05, 4.69) is 10.3 Å². The Morgan fingerprint density at radius 2 is 2.04 bits per heavy atom. The topological polar surface area (TPSA) is 81.1 Å². The number of hydrogen-bond donors (Lipinski definition) is 1. The van der Waals surface area contributed by atoms with Crippen molar-refractivity contribution < 1.29 is 13.2 Å². The summed E-state index contributed by atoms with van der Waals surface area (Å²) in [6.07, 6.45) is 4.24. The molecule has 0 atom stereocenters. The molecule has 0 spiro atoms. The standard InChI is InChI=1S/C18H16ClN3O3S/c1-13-5-6-14(16(19)10-13)12-26(24,25)22-9-7-15(11-22)21-18(23)17-4-2-3-8-20-17/h2-11H,12H2,1H3,(H,21,23). The van der Waals surface area contributed by atoms with Crippen molar-refractivity contribution in [3.05, 3.63) is 82.9 Å². The Balaban J connectivity index is 1.77. The number of anilines is 1. The van der Waals surface area contributed by atoms with Gasteiger partial charge in [-0.3, -0.25) is 13.8 Å². The van der Waals surface area contributed by atoms with E-state index in [0.29, 0.717) is 16.3 Å². The molecular weight excluding hydrogens is 374 g/mol. The summed E-state index contributed by atoms with van der Waals surface area (Å²) in [5, 5.41) is 3.03. The molecule has 1 N–H and O–H groups in total. The number of amides is 1. The van der Waals surface area contributed by atoms with Gasteiger partial charge in [-0.15, -0.1) is 0 Å². The zero-order chi connectivity index (χ0) is 18.7. The maximum atomic E-state index is 12.6. The van der Waals surface area contributed by atoms with E-state index in [9.17, 15) is 13.2 Å². The minimum absolute atomic E-state index is 0.242. The summed E-state index contributed by atoms with van der Waals surface area (Å²) in [6, 6.07) is 11.7. The number of carbonyl (C=O) groups excluding carboxylic acids is 1. The molecule has 1 aromatic carbocycles. The Morgan fingerprint density at radius 1 is 1.23 bits per heavy atom. The zero-order valence-electron chi connectivity index (χ0n) is 13.9. The van der Waals surface area contributed by atoms with Gasteiger partial charge in [0.05, 0.1) is 11.4 Å². The fourth-order valence-electron chi connectivity index (χ4n) is 2.36. The van der Waals surface area contributed by atoms with Crippen LogP contribution in [0.2, 0.25) is 5.02 Å². The summed E-state index contributed by atoms with van der Waals surface area (Å²) in [5.41, 5.74) is 2.08. The van der Waals surface area contributed by atoms with Crippen molar-refractivity contribution in [1.82, 2.24) is 8.96 Å². The van der Waals surface area contributed by atoms with Gasteiger partial charge in [-0.25, -0.2) is 8.42 Å². The molecule has 0 radical (unpaired) electrons. The van der Waals surface area contributed by atoms with Gasteiger partial charge in [-0.1, -0.05) is 29.8 Å². The van der Waals surface area contributed by atoms with Gasteiger partial charge in [0.1, 0.15) is 5.69 Å². The molecule has 3 aromatic rings. The lowest BCUT2D eigenvalue weighted by Crippen LogP contribution is -2.15. The van der Waals surface area contributed by atoms with Crippen LogP contribution in [0.25, 0.3) is 0 Å². The Hall–Kier alpha value is -2.64. The first-order valence-corrected chi connectivity index (χ1v) is 9.72. The van der Waals surface area contributed by atoms with E-state index in [1.54, 1.807) is 30.3 Å². The molecule has 6 nitrogen and oxygen atoms in total. The number of hydrogen-bond acceptors (Lipinski definition) is 4. The molecule has 0 saturated carbocycles. The minimum Gasteiger partial charge on any atom is -0.319 e. The molecule has 2 heterocycles. The number of pyridine rings is 1. The van der Waals surface area contributed by atoms with Crippen LogP contribution in [-0.4, -0.2) is 23.3 Å². The van der Waals surface area contributed by atoms with Crippen molar-refractivity contribution in [2.75, 3.05) is 5.32 Å². The molecule has 2 aromatic heterocycles. The van der Waals surface area contributed by atoms with Gasteiger partial charge in [-0.05, 0) is 42.3 Å². The summed E-state index contributed by atoms with van der Waals surface area (Å²) < 4.78 is 26.2. The Labute approximate surface area is 156 Å².